The molecule has 0 spiro atoms. The average molecular weight is 386 g/mol. The standard InChI is InChI=1S/C27H28FN/c1-2-3-4-5-6-19-7-13-25-22(15-19)9-10-23-16-20(12-14-26(23)25)21-8-11-24(18-29)27(28)17-21/h8-12,14,16-17,19H,2-7,13,15H2,1H3. The molecule has 1 unspecified atom stereocenters. The van der Waals surface area contributed by atoms with E-state index in [4.69, 9.17) is 5.26 Å². The van der Waals surface area contributed by atoms with Gasteiger partial charge in [0.05, 0.1) is 5.56 Å². The Morgan fingerprint density at radius 2 is 1.83 bits per heavy atom. The summed E-state index contributed by atoms with van der Waals surface area (Å²) in [4.78, 5) is 0. The first-order valence-electron chi connectivity index (χ1n) is 10.9. The van der Waals surface area contributed by atoms with Crippen LogP contribution in [0.25, 0.3) is 21.9 Å². The van der Waals surface area contributed by atoms with Gasteiger partial charge in [-0.05, 0) is 76.4 Å². The second kappa shape index (κ2) is 8.78. The zero-order valence-electron chi connectivity index (χ0n) is 17.2. The van der Waals surface area contributed by atoms with Crippen LogP contribution >= 0.6 is 0 Å². The van der Waals surface area contributed by atoms with Gasteiger partial charge in [-0.2, -0.15) is 5.26 Å². The maximum Gasteiger partial charge on any atom is 0.141 e. The van der Waals surface area contributed by atoms with Crippen molar-refractivity contribution in [1.82, 2.24) is 0 Å². The monoisotopic (exact) mass is 385 g/mol. The molecule has 0 amide bonds. The van der Waals surface area contributed by atoms with Gasteiger partial charge in [-0.1, -0.05) is 69.4 Å². The highest BCUT2D eigenvalue weighted by Gasteiger charge is 2.20. The van der Waals surface area contributed by atoms with Crippen molar-refractivity contribution in [3.05, 3.63) is 71.0 Å². The number of nitriles is 1. The first kappa shape index (κ1) is 19.6. The van der Waals surface area contributed by atoms with Crippen LogP contribution in [0.2, 0.25) is 0 Å². The molecule has 1 aliphatic rings. The van der Waals surface area contributed by atoms with Crippen LogP contribution in [0.4, 0.5) is 4.39 Å². The topological polar surface area (TPSA) is 23.8 Å². The molecular weight excluding hydrogens is 357 g/mol. The molecule has 0 fully saturated rings. The number of hydrogen-bond donors (Lipinski definition) is 0. The number of fused-ring (bicyclic) bond motifs is 3. The van der Waals surface area contributed by atoms with Crippen LogP contribution < -0.4 is 0 Å². The molecular formula is C27H28FN. The van der Waals surface area contributed by atoms with E-state index in [9.17, 15) is 4.39 Å². The Balaban J connectivity index is 1.56. The smallest absolute Gasteiger partial charge is 0.141 e. The van der Waals surface area contributed by atoms with Gasteiger partial charge in [0.15, 0.2) is 0 Å². The van der Waals surface area contributed by atoms with Crippen molar-refractivity contribution in [2.45, 2.75) is 58.3 Å². The van der Waals surface area contributed by atoms with E-state index in [-0.39, 0.29) is 5.56 Å². The summed E-state index contributed by atoms with van der Waals surface area (Å²) in [5.41, 5.74) is 4.91. The Morgan fingerprint density at radius 3 is 2.62 bits per heavy atom. The molecule has 1 aliphatic carbocycles. The Hall–Kier alpha value is -2.66. The lowest BCUT2D eigenvalue weighted by Gasteiger charge is -2.26. The fourth-order valence-electron chi connectivity index (χ4n) is 4.76. The Bertz CT molecular complexity index is 1060. The summed E-state index contributed by atoms with van der Waals surface area (Å²) in [5, 5.41) is 11.5. The zero-order chi connectivity index (χ0) is 20.2. The molecule has 0 heterocycles. The molecule has 2 heteroatoms. The first-order chi connectivity index (χ1) is 14.2. The van der Waals surface area contributed by atoms with E-state index >= 15 is 0 Å². The maximum absolute atomic E-state index is 14.0. The summed E-state index contributed by atoms with van der Waals surface area (Å²) in [5.74, 6) is 0.373. The van der Waals surface area contributed by atoms with Crippen molar-refractivity contribution in [2.24, 2.45) is 5.92 Å². The van der Waals surface area contributed by atoms with Gasteiger partial charge in [0, 0.05) is 0 Å². The minimum atomic E-state index is -0.458. The van der Waals surface area contributed by atoms with Crippen molar-refractivity contribution < 1.29 is 4.39 Å². The second-order valence-corrected chi connectivity index (χ2v) is 8.40. The third-order valence-corrected chi connectivity index (χ3v) is 6.43. The molecule has 3 aromatic rings. The van der Waals surface area contributed by atoms with Crippen molar-refractivity contribution >= 4 is 10.8 Å². The number of rotatable bonds is 6. The Morgan fingerprint density at radius 1 is 1.00 bits per heavy atom. The number of hydrogen-bond acceptors (Lipinski definition) is 1. The molecule has 29 heavy (non-hydrogen) atoms. The van der Waals surface area contributed by atoms with Gasteiger partial charge < -0.3 is 0 Å². The lowest BCUT2D eigenvalue weighted by atomic mass is 9.79. The molecule has 0 radical (unpaired) electrons. The van der Waals surface area contributed by atoms with Crippen LogP contribution in [-0.2, 0) is 12.8 Å². The van der Waals surface area contributed by atoms with Gasteiger partial charge in [-0.3, -0.25) is 0 Å². The van der Waals surface area contributed by atoms with Crippen LogP contribution in [0.1, 0.15) is 62.1 Å². The van der Waals surface area contributed by atoms with Gasteiger partial charge in [0.25, 0.3) is 0 Å². The van der Waals surface area contributed by atoms with E-state index in [0.717, 1.165) is 23.5 Å². The van der Waals surface area contributed by atoms with Gasteiger partial charge in [-0.25, -0.2) is 4.39 Å². The maximum atomic E-state index is 14.0. The predicted molar refractivity (Wildman–Crippen MR) is 118 cm³/mol. The first-order valence-corrected chi connectivity index (χ1v) is 10.9. The minimum Gasteiger partial charge on any atom is -0.206 e. The fraction of sp³-hybridized carbons (Fsp3) is 0.370. The Labute approximate surface area is 173 Å². The molecule has 3 aromatic carbocycles. The number of halogens is 1. The van der Waals surface area contributed by atoms with E-state index in [1.54, 1.807) is 6.07 Å². The summed E-state index contributed by atoms with van der Waals surface area (Å²) in [6.07, 6.45) is 10.4. The molecule has 0 saturated heterocycles. The quantitative estimate of drug-likeness (QED) is 0.401. The van der Waals surface area contributed by atoms with Crippen molar-refractivity contribution in [3.8, 4) is 17.2 Å². The number of benzene rings is 3. The van der Waals surface area contributed by atoms with E-state index in [2.05, 4.69) is 37.3 Å². The van der Waals surface area contributed by atoms with Crippen LogP contribution in [0.15, 0.2) is 48.5 Å². The third-order valence-electron chi connectivity index (χ3n) is 6.43. The van der Waals surface area contributed by atoms with Gasteiger partial charge in [-0.15, -0.1) is 0 Å². The molecule has 0 saturated carbocycles. The molecule has 0 aliphatic heterocycles. The summed E-state index contributed by atoms with van der Waals surface area (Å²) >= 11 is 0. The highest BCUT2D eigenvalue weighted by Crippen LogP contribution is 2.35. The third kappa shape index (κ3) is 4.20. The largest absolute Gasteiger partial charge is 0.206 e. The van der Waals surface area contributed by atoms with Crippen LogP contribution in [0.5, 0.6) is 0 Å². The fourth-order valence-corrected chi connectivity index (χ4v) is 4.76. The minimum absolute atomic E-state index is 0.0906. The number of aryl methyl sites for hydroxylation is 1. The normalized spacial score (nSPS) is 15.8. The predicted octanol–water partition coefficient (Wildman–Crippen LogP) is 7.59. The number of unbranched alkanes of at least 4 members (excludes halogenated alkanes) is 3. The molecule has 0 aromatic heterocycles. The van der Waals surface area contributed by atoms with E-state index in [0.29, 0.717) is 0 Å². The van der Waals surface area contributed by atoms with Gasteiger partial charge >= 0.3 is 0 Å². The molecule has 1 nitrogen and oxygen atoms in total. The second-order valence-electron chi connectivity index (χ2n) is 8.40. The van der Waals surface area contributed by atoms with Gasteiger partial charge in [0.2, 0.25) is 0 Å². The SMILES string of the molecule is CCCCCCC1CCc2c(ccc3cc(-c4ccc(C#N)c(F)c4)ccc23)C1. The lowest BCUT2D eigenvalue weighted by molar-refractivity contribution is 0.407. The van der Waals surface area contributed by atoms with E-state index < -0.39 is 5.82 Å². The summed E-state index contributed by atoms with van der Waals surface area (Å²) in [7, 11) is 0. The zero-order valence-corrected chi connectivity index (χ0v) is 17.2. The van der Waals surface area contributed by atoms with Crippen molar-refractivity contribution in [1.29, 1.82) is 5.26 Å². The molecule has 148 valence electrons. The van der Waals surface area contributed by atoms with Gasteiger partial charge in [0.1, 0.15) is 11.9 Å². The van der Waals surface area contributed by atoms with Crippen LogP contribution in [0, 0.1) is 23.1 Å². The molecule has 0 bridgehead atoms. The summed E-state index contributed by atoms with van der Waals surface area (Å²) in [6, 6.07) is 17.7. The average Bonchev–Trinajstić information content (AvgIpc) is 2.76. The highest BCUT2D eigenvalue weighted by molar-refractivity contribution is 5.91. The van der Waals surface area contributed by atoms with Crippen LogP contribution in [-0.4, -0.2) is 0 Å². The lowest BCUT2D eigenvalue weighted by Crippen LogP contribution is -2.14. The molecule has 0 N–H and O–H groups in total. The van der Waals surface area contributed by atoms with Crippen molar-refractivity contribution in [2.75, 3.05) is 0 Å². The Kier molecular flexibility index (Phi) is 5.95. The summed E-state index contributed by atoms with van der Waals surface area (Å²) < 4.78 is 14.0. The highest BCUT2D eigenvalue weighted by atomic mass is 19.1. The van der Waals surface area contributed by atoms with Crippen LogP contribution in [0.3, 0.4) is 0 Å². The molecule has 4 rings (SSSR count). The number of nitrogens with zero attached hydrogens (tertiary/aromatic N) is 1. The van der Waals surface area contributed by atoms with E-state index in [1.165, 1.54) is 72.9 Å². The summed E-state index contributed by atoms with van der Waals surface area (Å²) in [6.45, 7) is 2.27. The van der Waals surface area contributed by atoms with Crippen molar-refractivity contribution in [3.63, 3.8) is 0 Å². The molecule has 1 atom stereocenters. The van der Waals surface area contributed by atoms with E-state index in [1.807, 2.05) is 12.1 Å².